The molecule has 6 nitrogen and oxygen atoms in total. The van der Waals surface area contributed by atoms with Crippen molar-refractivity contribution in [1.82, 2.24) is 9.71 Å². The van der Waals surface area contributed by atoms with Gasteiger partial charge in [0, 0.05) is 5.75 Å². The lowest BCUT2D eigenvalue weighted by Gasteiger charge is -2.20. The van der Waals surface area contributed by atoms with Gasteiger partial charge < -0.3 is 5.11 Å². The molecule has 2 aromatic rings. The second kappa shape index (κ2) is 10.4. The molecule has 30 heavy (non-hydrogen) atoms. The second-order valence-electron chi connectivity index (χ2n) is 8.29. The average Bonchev–Trinajstić information content (AvgIpc) is 3.12. The molecule has 1 aliphatic carbocycles. The third-order valence-electron chi connectivity index (χ3n) is 5.57. The number of benzene rings is 1. The summed E-state index contributed by atoms with van der Waals surface area (Å²) in [6.07, 6.45) is 9.35. The van der Waals surface area contributed by atoms with Crippen LogP contribution in [-0.2, 0) is 14.8 Å². The smallest absolute Gasteiger partial charge is 0.322 e. The fourth-order valence-electron chi connectivity index (χ4n) is 3.83. The molecule has 1 aliphatic rings. The molecule has 0 radical (unpaired) electrons. The van der Waals surface area contributed by atoms with Crippen LogP contribution in [0, 0.1) is 11.8 Å². The van der Waals surface area contributed by atoms with Crippen molar-refractivity contribution in [2.24, 2.45) is 11.8 Å². The number of fused-ring (bicyclic) bond motifs is 1. The minimum Gasteiger partial charge on any atom is -0.480 e. The van der Waals surface area contributed by atoms with Gasteiger partial charge in [0.15, 0.2) is 4.34 Å². The quantitative estimate of drug-likeness (QED) is 0.369. The zero-order chi connectivity index (χ0) is 21.7. The molecule has 0 saturated heterocycles. The molecule has 0 spiro atoms. The number of carboxylic acid groups (broad SMARTS) is 1. The highest BCUT2D eigenvalue weighted by Crippen LogP contribution is 2.33. The molecule has 3 rings (SSSR count). The van der Waals surface area contributed by atoms with Gasteiger partial charge in [0.05, 0.1) is 15.1 Å². The summed E-state index contributed by atoms with van der Waals surface area (Å²) in [6.45, 7) is 3.34. The summed E-state index contributed by atoms with van der Waals surface area (Å²) >= 11 is 3.22. The van der Waals surface area contributed by atoms with Gasteiger partial charge in [-0.15, -0.1) is 11.3 Å². The van der Waals surface area contributed by atoms with Gasteiger partial charge in [-0.25, -0.2) is 13.4 Å². The van der Waals surface area contributed by atoms with Crippen molar-refractivity contribution in [3.05, 3.63) is 18.2 Å². The van der Waals surface area contributed by atoms with Crippen molar-refractivity contribution in [1.29, 1.82) is 0 Å². The number of nitrogens with one attached hydrogen (secondary N) is 1. The van der Waals surface area contributed by atoms with Gasteiger partial charge in [0.2, 0.25) is 10.0 Å². The standard InChI is InChI=1S/C21H30N2O4S3/c1-14(2)19(20(24)25)23-30(26,27)16-10-11-17-18(13-16)29-21(22-17)28-12-6-9-15-7-4-3-5-8-15/h10-11,13-15,19,23H,3-9,12H2,1-2H3,(H,24,25)/t19-/m1/s1. The third kappa shape index (κ3) is 6.18. The van der Waals surface area contributed by atoms with Crippen LogP contribution in [0.3, 0.4) is 0 Å². The fourth-order valence-corrected chi connectivity index (χ4v) is 7.40. The molecule has 1 fully saturated rings. The van der Waals surface area contributed by atoms with E-state index in [4.69, 9.17) is 0 Å². The maximum absolute atomic E-state index is 12.7. The van der Waals surface area contributed by atoms with Crippen LogP contribution in [0.15, 0.2) is 27.4 Å². The molecule has 1 atom stereocenters. The number of carbonyl (C=O) groups is 1. The van der Waals surface area contributed by atoms with Crippen molar-refractivity contribution >= 4 is 49.3 Å². The highest BCUT2D eigenvalue weighted by Gasteiger charge is 2.28. The molecule has 1 aromatic heterocycles. The molecule has 0 unspecified atom stereocenters. The number of sulfonamides is 1. The molecule has 2 N–H and O–H groups in total. The van der Waals surface area contributed by atoms with Gasteiger partial charge >= 0.3 is 5.97 Å². The van der Waals surface area contributed by atoms with E-state index in [1.165, 1.54) is 62.3 Å². The summed E-state index contributed by atoms with van der Waals surface area (Å²) < 4.78 is 29.4. The molecule has 1 heterocycles. The number of thioether (sulfide) groups is 1. The Morgan fingerprint density at radius 3 is 2.70 bits per heavy atom. The Kier molecular flexibility index (Phi) is 8.17. The summed E-state index contributed by atoms with van der Waals surface area (Å²) in [4.78, 5) is 16.0. The highest BCUT2D eigenvalue weighted by atomic mass is 32.2. The molecule has 0 bridgehead atoms. The van der Waals surface area contributed by atoms with Crippen LogP contribution in [-0.4, -0.2) is 36.3 Å². The molecule has 0 amide bonds. The van der Waals surface area contributed by atoms with E-state index in [1.54, 1.807) is 37.7 Å². The van der Waals surface area contributed by atoms with Crippen molar-refractivity contribution in [2.45, 2.75) is 74.1 Å². The van der Waals surface area contributed by atoms with E-state index >= 15 is 0 Å². The Balaban J connectivity index is 1.62. The molecule has 1 saturated carbocycles. The van der Waals surface area contributed by atoms with Crippen LogP contribution in [0.1, 0.15) is 58.8 Å². The lowest BCUT2D eigenvalue weighted by atomic mass is 9.86. The number of aromatic nitrogens is 1. The Morgan fingerprint density at radius 1 is 1.30 bits per heavy atom. The maximum atomic E-state index is 12.7. The second-order valence-corrected chi connectivity index (χ2v) is 12.4. The van der Waals surface area contributed by atoms with Gasteiger partial charge in [-0.3, -0.25) is 4.79 Å². The van der Waals surface area contributed by atoms with Crippen molar-refractivity contribution in [2.75, 3.05) is 5.75 Å². The number of rotatable bonds is 10. The summed E-state index contributed by atoms with van der Waals surface area (Å²) in [6, 6.07) is 3.60. The summed E-state index contributed by atoms with van der Waals surface area (Å²) in [7, 11) is -3.92. The minimum atomic E-state index is -3.92. The van der Waals surface area contributed by atoms with E-state index in [9.17, 15) is 18.3 Å². The van der Waals surface area contributed by atoms with Gasteiger partial charge in [0.25, 0.3) is 0 Å². The number of carboxylic acids is 1. The first-order valence-corrected chi connectivity index (χ1v) is 13.8. The van der Waals surface area contributed by atoms with Gasteiger partial charge in [-0.1, -0.05) is 57.7 Å². The van der Waals surface area contributed by atoms with Gasteiger partial charge in [-0.05, 0) is 42.9 Å². The van der Waals surface area contributed by atoms with E-state index in [1.807, 2.05) is 0 Å². The SMILES string of the molecule is CC(C)[C@@H](NS(=O)(=O)c1ccc2nc(SCCCC3CCCCC3)sc2c1)C(=O)O. The number of nitrogens with zero attached hydrogens (tertiary/aromatic N) is 1. The average molecular weight is 471 g/mol. The Morgan fingerprint density at radius 2 is 2.03 bits per heavy atom. The molecule has 1 aromatic carbocycles. The molecule has 0 aliphatic heterocycles. The normalized spacial score (nSPS) is 16.9. The first kappa shape index (κ1) is 23.5. The van der Waals surface area contributed by atoms with E-state index in [2.05, 4.69) is 9.71 Å². The summed E-state index contributed by atoms with van der Waals surface area (Å²) in [5, 5.41) is 9.28. The highest BCUT2D eigenvalue weighted by molar-refractivity contribution is 8.01. The van der Waals surface area contributed by atoms with Crippen molar-refractivity contribution in [3.63, 3.8) is 0 Å². The fraction of sp³-hybridized carbons (Fsp3) is 0.619. The zero-order valence-corrected chi connectivity index (χ0v) is 19.9. The lowest BCUT2D eigenvalue weighted by molar-refractivity contribution is -0.140. The predicted molar refractivity (Wildman–Crippen MR) is 123 cm³/mol. The van der Waals surface area contributed by atoms with Crippen LogP contribution < -0.4 is 4.72 Å². The number of hydrogen-bond donors (Lipinski definition) is 2. The monoisotopic (exact) mass is 470 g/mol. The largest absolute Gasteiger partial charge is 0.480 e. The van der Waals surface area contributed by atoms with Crippen LogP contribution in [0.2, 0.25) is 0 Å². The van der Waals surface area contributed by atoms with Gasteiger partial charge in [0.1, 0.15) is 6.04 Å². The van der Waals surface area contributed by atoms with Crippen LogP contribution in [0.5, 0.6) is 0 Å². The van der Waals surface area contributed by atoms with Crippen LogP contribution in [0.25, 0.3) is 10.2 Å². The van der Waals surface area contributed by atoms with E-state index in [0.29, 0.717) is 0 Å². The Labute approximate surface area is 186 Å². The molecular formula is C21H30N2O4S3. The molecule has 9 heteroatoms. The van der Waals surface area contributed by atoms with Crippen molar-refractivity contribution in [3.8, 4) is 0 Å². The molecular weight excluding hydrogens is 440 g/mol. The first-order valence-electron chi connectivity index (χ1n) is 10.5. The summed E-state index contributed by atoms with van der Waals surface area (Å²) in [5.74, 6) is 0.369. The third-order valence-corrected chi connectivity index (χ3v) is 9.26. The number of thiazole rings is 1. The number of aliphatic carboxylic acids is 1. The zero-order valence-electron chi connectivity index (χ0n) is 17.5. The van der Waals surface area contributed by atoms with Crippen molar-refractivity contribution < 1.29 is 18.3 Å². The van der Waals surface area contributed by atoms with E-state index in [0.717, 1.165) is 26.2 Å². The van der Waals surface area contributed by atoms with Gasteiger partial charge in [-0.2, -0.15) is 4.72 Å². The topological polar surface area (TPSA) is 96.4 Å². The Bertz CT molecular complexity index is 966. The molecule has 166 valence electrons. The predicted octanol–water partition coefficient (Wildman–Crippen LogP) is 5.14. The number of hydrogen-bond acceptors (Lipinski definition) is 6. The summed E-state index contributed by atoms with van der Waals surface area (Å²) in [5.41, 5.74) is 0.771. The maximum Gasteiger partial charge on any atom is 0.322 e. The van der Waals surface area contributed by atoms with Crippen LogP contribution >= 0.6 is 23.1 Å². The lowest BCUT2D eigenvalue weighted by Crippen LogP contribution is -2.44. The van der Waals surface area contributed by atoms with E-state index < -0.39 is 22.0 Å². The minimum absolute atomic E-state index is 0.0689. The van der Waals surface area contributed by atoms with Crippen LogP contribution in [0.4, 0.5) is 0 Å². The first-order chi connectivity index (χ1) is 14.3. The van der Waals surface area contributed by atoms with E-state index in [-0.39, 0.29) is 10.8 Å². The Hall–Kier alpha value is -1.16.